The number of alkyl halides is 3. The number of benzene rings is 1. The maximum absolute atomic E-state index is 12.2. The summed E-state index contributed by atoms with van der Waals surface area (Å²) in [5.41, 5.74) is 0.594. The molecule has 122 valence electrons. The molecule has 9 heteroatoms. The Hall–Kier alpha value is -2.29. The van der Waals surface area contributed by atoms with Gasteiger partial charge in [-0.25, -0.2) is 0 Å². The van der Waals surface area contributed by atoms with Gasteiger partial charge in [-0.3, -0.25) is 9.59 Å². The molecule has 0 fully saturated rings. The van der Waals surface area contributed by atoms with Crippen LogP contribution in [0.3, 0.4) is 0 Å². The second-order valence-electron chi connectivity index (χ2n) is 4.40. The molecule has 0 saturated heterocycles. The summed E-state index contributed by atoms with van der Waals surface area (Å²) in [6.07, 6.45) is -4.96. The van der Waals surface area contributed by atoms with Crippen LogP contribution in [0.25, 0.3) is 0 Å². The Morgan fingerprint density at radius 1 is 1.13 bits per heavy atom. The number of hydrogen-bond acceptors (Lipinski definition) is 3. The highest BCUT2D eigenvalue weighted by Crippen LogP contribution is 2.20. The maximum Gasteiger partial charge on any atom is 0.471 e. The molecule has 2 rings (SSSR count). The minimum Gasteiger partial charge on any atom is -0.444 e. The molecule has 23 heavy (non-hydrogen) atoms. The highest BCUT2D eigenvalue weighted by molar-refractivity contribution is 9.10. The molecule has 2 aromatic rings. The van der Waals surface area contributed by atoms with E-state index in [-0.39, 0.29) is 18.0 Å². The summed E-state index contributed by atoms with van der Waals surface area (Å²) in [5, 5.41) is 4.27. The van der Waals surface area contributed by atoms with E-state index in [0.717, 1.165) is 0 Å². The SMILES string of the molecule is O=C(Nc1ccccc1CNC(=O)C(F)(F)F)c1ccc(Br)o1. The Labute approximate surface area is 137 Å². The first kappa shape index (κ1) is 17.1. The molecule has 0 bridgehead atoms. The zero-order chi connectivity index (χ0) is 17.0. The highest BCUT2D eigenvalue weighted by Gasteiger charge is 2.38. The first-order valence-corrected chi connectivity index (χ1v) is 7.06. The summed E-state index contributed by atoms with van der Waals surface area (Å²) in [6, 6.07) is 9.14. The first-order chi connectivity index (χ1) is 10.8. The van der Waals surface area contributed by atoms with Gasteiger partial charge in [-0.15, -0.1) is 0 Å². The number of carbonyl (C=O) groups excluding carboxylic acids is 2. The fourth-order valence-electron chi connectivity index (χ4n) is 1.69. The smallest absolute Gasteiger partial charge is 0.444 e. The third-order valence-corrected chi connectivity index (χ3v) is 3.19. The van der Waals surface area contributed by atoms with Crippen molar-refractivity contribution in [2.45, 2.75) is 12.7 Å². The van der Waals surface area contributed by atoms with Gasteiger partial charge in [0.1, 0.15) is 0 Å². The zero-order valence-corrected chi connectivity index (χ0v) is 13.0. The van der Waals surface area contributed by atoms with Crippen molar-refractivity contribution in [3.05, 3.63) is 52.4 Å². The molecule has 1 aromatic heterocycles. The van der Waals surface area contributed by atoms with E-state index in [4.69, 9.17) is 4.42 Å². The number of hydrogen-bond donors (Lipinski definition) is 2. The summed E-state index contributed by atoms with van der Waals surface area (Å²) < 4.78 is 42.0. The maximum atomic E-state index is 12.2. The second-order valence-corrected chi connectivity index (χ2v) is 5.18. The molecule has 2 amide bonds. The van der Waals surface area contributed by atoms with Gasteiger partial charge in [0.2, 0.25) is 0 Å². The van der Waals surface area contributed by atoms with E-state index in [9.17, 15) is 22.8 Å². The minimum atomic E-state index is -4.96. The number of carbonyl (C=O) groups is 2. The molecule has 0 aliphatic rings. The van der Waals surface area contributed by atoms with Crippen LogP contribution < -0.4 is 10.6 Å². The van der Waals surface area contributed by atoms with Crippen LogP contribution in [0.1, 0.15) is 16.1 Å². The van der Waals surface area contributed by atoms with Crippen molar-refractivity contribution in [1.29, 1.82) is 0 Å². The van der Waals surface area contributed by atoms with Gasteiger partial charge < -0.3 is 15.1 Å². The van der Waals surface area contributed by atoms with Crippen molar-refractivity contribution in [2.75, 3.05) is 5.32 Å². The fraction of sp³-hybridized carbons (Fsp3) is 0.143. The Morgan fingerprint density at radius 3 is 2.43 bits per heavy atom. The third kappa shape index (κ3) is 4.59. The van der Waals surface area contributed by atoms with Crippen molar-refractivity contribution in [3.8, 4) is 0 Å². The van der Waals surface area contributed by atoms with Gasteiger partial charge in [0.15, 0.2) is 10.4 Å². The van der Waals surface area contributed by atoms with Crippen molar-refractivity contribution in [1.82, 2.24) is 5.32 Å². The van der Waals surface area contributed by atoms with E-state index < -0.39 is 18.0 Å². The molecule has 5 nitrogen and oxygen atoms in total. The summed E-state index contributed by atoms with van der Waals surface area (Å²) in [7, 11) is 0. The molecular formula is C14H10BrF3N2O3. The van der Waals surface area contributed by atoms with Crippen LogP contribution >= 0.6 is 15.9 Å². The Kier molecular flexibility index (Phi) is 5.09. The Balaban J connectivity index is 2.08. The van der Waals surface area contributed by atoms with Crippen LogP contribution in [-0.2, 0) is 11.3 Å². The average molecular weight is 391 g/mol. The van der Waals surface area contributed by atoms with Crippen LogP contribution in [0.5, 0.6) is 0 Å². The second kappa shape index (κ2) is 6.86. The normalized spacial score (nSPS) is 11.1. The van der Waals surface area contributed by atoms with E-state index in [1.807, 2.05) is 0 Å². The average Bonchev–Trinajstić information content (AvgIpc) is 2.91. The number of halogens is 4. The van der Waals surface area contributed by atoms with Crippen LogP contribution in [0.2, 0.25) is 0 Å². The van der Waals surface area contributed by atoms with Crippen LogP contribution in [0.15, 0.2) is 45.5 Å². The van der Waals surface area contributed by atoms with Crippen molar-refractivity contribution in [2.24, 2.45) is 0 Å². The molecule has 0 saturated carbocycles. The predicted molar refractivity (Wildman–Crippen MR) is 78.7 cm³/mol. The minimum absolute atomic E-state index is 0.0333. The van der Waals surface area contributed by atoms with E-state index >= 15 is 0 Å². The lowest BCUT2D eigenvalue weighted by Crippen LogP contribution is -2.36. The van der Waals surface area contributed by atoms with Gasteiger partial charge in [0, 0.05) is 12.2 Å². The number of para-hydroxylation sites is 1. The molecular weight excluding hydrogens is 381 g/mol. The number of anilines is 1. The number of furan rings is 1. The molecule has 0 spiro atoms. The number of nitrogens with one attached hydrogen (secondary N) is 2. The fourth-order valence-corrected chi connectivity index (χ4v) is 2.00. The van der Waals surface area contributed by atoms with Gasteiger partial charge in [-0.2, -0.15) is 13.2 Å². The van der Waals surface area contributed by atoms with Crippen LogP contribution in [0.4, 0.5) is 18.9 Å². The predicted octanol–water partition coefficient (Wildman–Crippen LogP) is 3.47. The lowest BCUT2D eigenvalue weighted by atomic mass is 10.1. The summed E-state index contributed by atoms with van der Waals surface area (Å²) >= 11 is 3.06. The summed E-state index contributed by atoms with van der Waals surface area (Å²) in [5.74, 6) is -2.58. The highest BCUT2D eigenvalue weighted by atomic mass is 79.9. The molecule has 0 radical (unpaired) electrons. The zero-order valence-electron chi connectivity index (χ0n) is 11.4. The van der Waals surface area contributed by atoms with Crippen molar-refractivity contribution in [3.63, 3.8) is 0 Å². The Bertz CT molecular complexity index is 728. The molecule has 1 aromatic carbocycles. The van der Waals surface area contributed by atoms with Crippen molar-refractivity contribution >= 4 is 33.4 Å². The summed E-state index contributed by atoms with van der Waals surface area (Å²) in [4.78, 5) is 22.8. The topological polar surface area (TPSA) is 71.3 Å². The van der Waals surface area contributed by atoms with Crippen molar-refractivity contribution < 1.29 is 27.2 Å². The molecule has 1 heterocycles. The van der Waals surface area contributed by atoms with Crippen LogP contribution in [-0.4, -0.2) is 18.0 Å². The first-order valence-electron chi connectivity index (χ1n) is 6.27. The summed E-state index contributed by atoms with van der Waals surface area (Å²) in [6.45, 7) is -0.378. The molecule has 0 unspecified atom stereocenters. The third-order valence-electron chi connectivity index (χ3n) is 2.76. The number of rotatable bonds is 4. The quantitative estimate of drug-likeness (QED) is 0.839. The van der Waals surface area contributed by atoms with E-state index in [1.165, 1.54) is 24.3 Å². The van der Waals surface area contributed by atoms with Gasteiger partial charge in [0.05, 0.1) is 0 Å². The largest absolute Gasteiger partial charge is 0.471 e. The molecule has 0 aliphatic heterocycles. The molecule has 0 atom stereocenters. The van der Waals surface area contributed by atoms with Gasteiger partial charge in [-0.05, 0) is 39.7 Å². The van der Waals surface area contributed by atoms with Gasteiger partial charge in [0.25, 0.3) is 5.91 Å². The Morgan fingerprint density at radius 2 is 1.83 bits per heavy atom. The lowest BCUT2D eigenvalue weighted by Gasteiger charge is -2.12. The van der Waals surface area contributed by atoms with E-state index in [0.29, 0.717) is 10.2 Å². The lowest BCUT2D eigenvalue weighted by molar-refractivity contribution is -0.173. The monoisotopic (exact) mass is 390 g/mol. The standard InChI is InChI=1S/C14H10BrF3N2O3/c15-11-6-5-10(23-11)12(21)20-9-4-2-1-3-8(9)7-19-13(22)14(16,17)18/h1-6H,7H2,(H,19,22)(H,20,21). The molecule has 0 aliphatic carbocycles. The van der Waals surface area contributed by atoms with Gasteiger partial charge in [-0.1, -0.05) is 18.2 Å². The van der Waals surface area contributed by atoms with Gasteiger partial charge >= 0.3 is 12.1 Å². The molecule has 2 N–H and O–H groups in total. The van der Waals surface area contributed by atoms with E-state index in [2.05, 4.69) is 21.2 Å². The van der Waals surface area contributed by atoms with E-state index in [1.54, 1.807) is 17.4 Å². The van der Waals surface area contributed by atoms with Crippen LogP contribution in [0, 0.1) is 0 Å². The number of amides is 2.